The van der Waals surface area contributed by atoms with Crippen LogP contribution in [0.5, 0.6) is 0 Å². The zero-order chi connectivity index (χ0) is 12.0. The number of hydrogen-bond donors (Lipinski definition) is 1. The highest BCUT2D eigenvalue weighted by Gasteiger charge is 2.05. The van der Waals surface area contributed by atoms with Crippen LogP contribution in [0.3, 0.4) is 0 Å². The van der Waals surface area contributed by atoms with Crippen molar-refractivity contribution in [3.05, 3.63) is 46.7 Å². The molecule has 0 aliphatic heterocycles. The third-order valence-electron chi connectivity index (χ3n) is 2.45. The van der Waals surface area contributed by atoms with Gasteiger partial charge in [-0.05, 0) is 38.0 Å². The molecule has 0 saturated heterocycles. The van der Waals surface area contributed by atoms with E-state index in [9.17, 15) is 4.39 Å². The maximum Gasteiger partial charge on any atom is 0.127 e. The minimum absolute atomic E-state index is 0.161. The summed E-state index contributed by atoms with van der Waals surface area (Å²) in [5.41, 5.74) is 0.694. The normalized spacial score (nSPS) is 12.4. The lowest BCUT2D eigenvalue weighted by molar-refractivity contribution is 0.504. The monoisotopic (exact) mass is 285 g/mol. The molecule has 0 radical (unpaired) electrons. The molecule has 1 atom stereocenters. The van der Waals surface area contributed by atoms with Crippen molar-refractivity contribution >= 4 is 15.9 Å². The van der Waals surface area contributed by atoms with Crippen LogP contribution < -0.4 is 5.32 Å². The highest BCUT2D eigenvalue weighted by Crippen LogP contribution is 2.15. The van der Waals surface area contributed by atoms with E-state index in [1.54, 1.807) is 6.07 Å². The molecular formula is C13H17BrFN. The Bertz CT molecular complexity index is 352. The maximum absolute atomic E-state index is 13.4. The summed E-state index contributed by atoms with van der Waals surface area (Å²) in [7, 11) is 0. The summed E-state index contributed by atoms with van der Waals surface area (Å²) >= 11 is 3.34. The summed E-state index contributed by atoms with van der Waals surface area (Å²) in [6, 6.07) is 5.37. The number of nitrogens with one attached hydrogen (secondary N) is 1. The summed E-state index contributed by atoms with van der Waals surface area (Å²) in [6.07, 6.45) is 3.91. The van der Waals surface area contributed by atoms with Crippen LogP contribution >= 0.6 is 15.9 Å². The molecule has 0 aliphatic rings. The van der Waals surface area contributed by atoms with Crippen LogP contribution in [0.2, 0.25) is 0 Å². The van der Waals surface area contributed by atoms with E-state index >= 15 is 0 Å². The second kappa shape index (κ2) is 6.81. The summed E-state index contributed by atoms with van der Waals surface area (Å²) in [5.74, 6) is -0.161. The first-order chi connectivity index (χ1) is 7.63. The van der Waals surface area contributed by atoms with Gasteiger partial charge in [-0.15, -0.1) is 6.58 Å². The lowest BCUT2D eigenvalue weighted by atomic mass is 10.1. The van der Waals surface area contributed by atoms with E-state index in [4.69, 9.17) is 0 Å². The second-order valence-electron chi connectivity index (χ2n) is 3.88. The maximum atomic E-state index is 13.4. The fourth-order valence-corrected chi connectivity index (χ4v) is 1.84. The Balaban J connectivity index is 2.47. The van der Waals surface area contributed by atoms with E-state index in [2.05, 4.69) is 34.7 Å². The van der Waals surface area contributed by atoms with Crippen molar-refractivity contribution in [1.29, 1.82) is 0 Å². The lowest BCUT2D eigenvalue weighted by Crippen LogP contribution is -2.25. The first-order valence-corrected chi connectivity index (χ1v) is 6.21. The SMILES string of the molecule is C=CCCC(C)NCc1cc(Br)ccc1F. The predicted octanol–water partition coefficient (Wildman–Crippen LogP) is 4.03. The average Bonchev–Trinajstić information content (AvgIpc) is 2.27. The van der Waals surface area contributed by atoms with Gasteiger partial charge in [-0.25, -0.2) is 4.39 Å². The van der Waals surface area contributed by atoms with Gasteiger partial charge >= 0.3 is 0 Å². The van der Waals surface area contributed by atoms with E-state index in [0.29, 0.717) is 18.2 Å². The fourth-order valence-electron chi connectivity index (χ4n) is 1.43. The van der Waals surface area contributed by atoms with Gasteiger partial charge in [0.25, 0.3) is 0 Å². The molecule has 0 spiro atoms. The molecule has 1 nitrogen and oxygen atoms in total. The van der Waals surface area contributed by atoms with Crippen LogP contribution in [0.4, 0.5) is 4.39 Å². The van der Waals surface area contributed by atoms with Crippen LogP contribution in [-0.2, 0) is 6.54 Å². The van der Waals surface area contributed by atoms with Crippen molar-refractivity contribution in [2.75, 3.05) is 0 Å². The Hall–Kier alpha value is -0.670. The van der Waals surface area contributed by atoms with E-state index in [1.807, 2.05) is 12.1 Å². The van der Waals surface area contributed by atoms with Gasteiger partial charge in [0.2, 0.25) is 0 Å². The second-order valence-corrected chi connectivity index (χ2v) is 4.80. The fraction of sp³-hybridized carbons (Fsp3) is 0.385. The van der Waals surface area contributed by atoms with E-state index in [-0.39, 0.29) is 5.82 Å². The van der Waals surface area contributed by atoms with Gasteiger partial charge in [0.1, 0.15) is 5.82 Å². The third-order valence-corrected chi connectivity index (χ3v) is 2.95. The van der Waals surface area contributed by atoms with Gasteiger partial charge in [0.05, 0.1) is 0 Å². The Morgan fingerprint density at radius 1 is 1.56 bits per heavy atom. The number of rotatable bonds is 6. The Morgan fingerprint density at radius 3 is 3.00 bits per heavy atom. The first-order valence-electron chi connectivity index (χ1n) is 5.41. The average molecular weight is 286 g/mol. The van der Waals surface area contributed by atoms with E-state index in [0.717, 1.165) is 17.3 Å². The smallest absolute Gasteiger partial charge is 0.127 e. The van der Waals surface area contributed by atoms with Crippen molar-refractivity contribution in [1.82, 2.24) is 5.32 Å². The van der Waals surface area contributed by atoms with Crippen LogP contribution in [0.15, 0.2) is 35.3 Å². The molecule has 0 saturated carbocycles. The molecule has 0 fully saturated rings. The Labute approximate surface area is 105 Å². The van der Waals surface area contributed by atoms with Crippen molar-refractivity contribution in [2.24, 2.45) is 0 Å². The minimum Gasteiger partial charge on any atom is -0.310 e. The molecule has 1 aromatic rings. The van der Waals surface area contributed by atoms with Crippen LogP contribution in [0.1, 0.15) is 25.3 Å². The quantitative estimate of drug-likeness (QED) is 0.778. The zero-order valence-corrected chi connectivity index (χ0v) is 11.1. The Morgan fingerprint density at radius 2 is 2.31 bits per heavy atom. The topological polar surface area (TPSA) is 12.0 Å². The molecular weight excluding hydrogens is 269 g/mol. The molecule has 1 unspecified atom stereocenters. The summed E-state index contributed by atoms with van der Waals surface area (Å²) in [6.45, 7) is 6.34. The number of hydrogen-bond acceptors (Lipinski definition) is 1. The van der Waals surface area contributed by atoms with Gasteiger partial charge in [0, 0.05) is 22.6 Å². The summed E-state index contributed by atoms with van der Waals surface area (Å²) in [4.78, 5) is 0. The van der Waals surface area contributed by atoms with Crippen molar-refractivity contribution in [3.63, 3.8) is 0 Å². The molecule has 0 heterocycles. The van der Waals surface area contributed by atoms with Crippen molar-refractivity contribution < 1.29 is 4.39 Å². The molecule has 1 aromatic carbocycles. The molecule has 0 amide bonds. The lowest BCUT2D eigenvalue weighted by Gasteiger charge is -2.13. The van der Waals surface area contributed by atoms with E-state index in [1.165, 1.54) is 6.07 Å². The molecule has 1 rings (SSSR count). The summed E-state index contributed by atoms with van der Waals surface area (Å²) < 4.78 is 14.3. The van der Waals surface area contributed by atoms with E-state index < -0.39 is 0 Å². The molecule has 3 heteroatoms. The predicted molar refractivity (Wildman–Crippen MR) is 69.8 cm³/mol. The van der Waals surface area contributed by atoms with Gasteiger partial charge < -0.3 is 5.32 Å². The number of allylic oxidation sites excluding steroid dienone is 1. The number of benzene rings is 1. The Kier molecular flexibility index (Phi) is 5.71. The van der Waals surface area contributed by atoms with Crippen molar-refractivity contribution in [3.8, 4) is 0 Å². The third kappa shape index (κ3) is 4.45. The van der Waals surface area contributed by atoms with Crippen LogP contribution in [0.25, 0.3) is 0 Å². The standard InChI is InChI=1S/C13H17BrFN/c1-3-4-5-10(2)16-9-11-8-12(14)6-7-13(11)15/h3,6-8,10,16H,1,4-5,9H2,2H3. The molecule has 0 bridgehead atoms. The van der Waals surface area contributed by atoms with Crippen LogP contribution in [0, 0.1) is 5.82 Å². The van der Waals surface area contributed by atoms with Crippen LogP contribution in [-0.4, -0.2) is 6.04 Å². The summed E-state index contributed by atoms with van der Waals surface area (Å²) in [5, 5.41) is 3.29. The minimum atomic E-state index is -0.161. The first kappa shape index (κ1) is 13.4. The molecule has 0 aromatic heterocycles. The highest BCUT2D eigenvalue weighted by molar-refractivity contribution is 9.10. The molecule has 16 heavy (non-hydrogen) atoms. The van der Waals surface area contributed by atoms with Gasteiger partial charge in [-0.2, -0.15) is 0 Å². The van der Waals surface area contributed by atoms with Crippen molar-refractivity contribution in [2.45, 2.75) is 32.4 Å². The highest BCUT2D eigenvalue weighted by atomic mass is 79.9. The van der Waals surface area contributed by atoms with Gasteiger partial charge in [0.15, 0.2) is 0 Å². The van der Waals surface area contributed by atoms with Gasteiger partial charge in [-0.1, -0.05) is 22.0 Å². The molecule has 1 N–H and O–H groups in total. The van der Waals surface area contributed by atoms with Gasteiger partial charge in [-0.3, -0.25) is 0 Å². The zero-order valence-electron chi connectivity index (χ0n) is 9.47. The largest absolute Gasteiger partial charge is 0.310 e. The molecule has 0 aliphatic carbocycles. The number of halogens is 2. The molecule has 88 valence electrons.